The molecule has 1 aliphatic heterocycles. The molecule has 0 saturated carbocycles. The topological polar surface area (TPSA) is 17.1 Å². The molecule has 1 fully saturated rings. The lowest BCUT2D eigenvalue weighted by Gasteiger charge is -2.02. The zero-order chi connectivity index (χ0) is 8.97. The number of rotatable bonds is 3. The average Bonchev–Trinajstić information content (AvgIpc) is 2.37. The van der Waals surface area contributed by atoms with Crippen molar-refractivity contribution in [1.82, 2.24) is 0 Å². The molecule has 0 aromatic carbocycles. The molecule has 0 spiro atoms. The predicted molar refractivity (Wildman–Crippen MR) is 57.5 cm³/mol. The van der Waals surface area contributed by atoms with Gasteiger partial charge in [-0.2, -0.15) is 0 Å². The molecule has 68 valence electrons. The van der Waals surface area contributed by atoms with Crippen molar-refractivity contribution in [3.05, 3.63) is 23.0 Å². The Morgan fingerprint density at radius 3 is 3.08 bits per heavy atom. The second-order valence-electron chi connectivity index (χ2n) is 2.89. The number of allylic oxidation sites excluding steroid dienone is 2. The largest absolute Gasteiger partial charge is 0.254 e. The van der Waals surface area contributed by atoms with Crippen LogP contribution in [-0.2, 0) is 10.8 Å². The molecule has 1 unspecified atom stereocenters. The lowest BCUT2D eigenvalue weighted by atomic mass is 10.1. The Labute approximate surface area is 80.8 Å². The van der Waals surface area contributed by atoms with E-state index in [-0.39, 0.29) is 0 Å². The lowest BCUT2D eigenvalue weighted by Crippen LogP contribution is -1.92. The highest BCUT2D eigenvalue weighted by molar-refractivity contribution is 8.19. The summed E-state index contributed by atoms with van der Waals surface area (Å²) in [6.45, 7) is 5.81. The molecule has 0 aromatic heterocycles. The fraction of sp³-hybridized carbons (Fsp3) is 0.556. The molecule has 0 bridgehead atoms. The molecule has 3 heteroatoms. The van der Waals surface area contributed by atoms with Crippen LogP contribution in [0.4, 0.5) is 0 Å². The minimum Gasteiger partial charge on any atom is -0.254 e. The molecule has 0 amide bonds. The van der Waals surface area contributed by atoms with Gasteiger partial charge in [0.05, 0.1) is 15.0 Å². The highest BCUT2D eigenvalue weighted by Gasteiger charge is 2.16. The first-order valence-corrected chi connectivity index (χ1v) is 6.38. The standard InChI is InChI=1S/C9H14OS2/c1-3-4-8(2)7-9-11-5-6-12(9)10/h3,7-8H,1,4-6H2,2H3/b9-7-/t8?,12-/m0/s1. The van der Waals surface area contributed by atoms with Crippen molar-refractivity contribution in [1.29, 1.82) is 0 Å². The van der Waals surface area contributed by atoms with Gasteiger partial charge in [-0.3, -0.25) is 4.21 Å². The van der Waals surface area contributed by atoms with E-state index in [1.165, 1.54) is 0 Å². The molecule has 1 aliphatic rings. The highest BCUT2D eigenvalue weighted by atomic mass is 32.2. The Morgan fingerprint density at radius 1 is 1.83 bits per heavy atom. The van der Waals surface area contributed by atoms with Gasteiger partial charge in [-0.25, -0.2) is 0 Å². The van der Waals surface area contributed by atoms with Crippen LogP contribution in [0.2, 0.25) is 0 Å². The summed E-state index contributed by atoms with van der Waals surface area (Å²) in [7, 11) is -0.695. The highest BCUT2D eigenvalue weighted by Crippen LogP contribution is 2.28. The number of hydrogen-bond acceptors (Lipinski definition) is 2. The quantitative estimate of drug-likeness (QED) is 0.654. The van der Waals surface area contributed by atoms with Gasteiger partial charge in [-0.1, -0.05) is 19.1 Å². The molecule has 1 nitrogen and oxygen atoms in total. The third-order valence-corrected chi connectivity index (χ3v) is 4.85. The Bertz CT molecular complexity index is 221. The van der Waals surface area contributed by atoms with Crippen molar-refractivity contribution < 1.29 is 4.21 Å². The number of hydrogen-bond donors (Lipinski definition) is 0. The van der Waals surface area contributed by atoms with E-state index in [2.05, 4.69) is 19.6 Å². The first kappa shape index (κ1) is 10.1. The Morgan fingerprint density at radius 2 is 2.58 bits per heavy atom. The summed E-state index contributed by atoms with van der Waals surface area (Å²) in [6.07, 6.45) is 5.00. The Hall–Kier alpha value is -0.0200. The van der Waals surface area contributed by atoms with E-state index >= 15 is 0 Å². The molecule has 0 aliphatic carbocycles. The summed E-state index contributed by atoms with van der Waals surface area (Å²) in [4.78, 5) is 0. The second-order valence-corrected chi connectivity index (χ2v) is 5.82. The van der Waals surface area contributed by atoms with Crippen molar-refractivity contribution in [2.75, 3.05) is 11.5 Å². The molecule has 0 N–H and O–H groups in total. The molecule has 1 heterocycles. The third kappa shape index (κ3) is 2.79. The minimum absolute atomic E-state index is 0.479. The van der Waals surface area contributed by atoms with Crippen LogP contribution in [0.5, 0.6) is 0 Å². The van der Waals surface area contributed by atoms with Crippen LogP contribution in [0.25, 0.3) is 0 Å². The SMILES string of the molecule is C=CCC(C)/C=C1/SCC[S@@]1=O. The van der Waals surface area contributed by atoms with Gasteiger partial charge >= 0.3 is 0 Å². The van der Waals surface area contributed by atoms with Crippen LogP contribution >= 0.6 is 11.8 Å². The molecule has 1 saturated heterocycles. The van der Waals surface area contributed by atoms with Gasteiger partial charge in [0.1, 0.15) is 0 Å². The van der Waals surface area contributed by atoms with E-state index in [0.717, 1.165) is 22.2 Å². The summed E-state index contributed by atoms with van der Waals surface area (Å²) in [5.74, 6) is 2.32. The number of thioether (sulfide) groups is 1. The van der Waals surface area contributed by atoms with E-state index in [4.69, 9.17) is 0 Å². The van der Waals surface area contributed by atoms with Crippen molar-refractivity contribution in [2.45, 2.75) is 13.3 Å². The van der Waals surface area contributed by atoms with Crippen molar-refractivity contribution in [2.24, 2.45) is 5.92 Å². The van der Waals surface area contributed by atoms with Crippen LogP contribution < -0.4 is 0 Å². The molecule has 0 aromatic rings. The first-order valence-electron chi connectivity index (χ1n) is 4.08. The summed E-state index contributed by atoms with van der Waals surface area (Å²) in [5, 5.41) is 0. The van der Waals surface area contributed by atoms with Crippen LogP contribution in [0.3, 0.4) is 0 Å². The smallest absolute Gasteiger partial charge is 0.0679 e. The second kappa shape index (κ2) is 4.87. The van der Waals surface area contributed by atoms with Crippen LogP contribution in [0, 0.1) is 5.92 Å². The van der Waals surface area contributed by atoms with E-state index in [1.807, 2.05) is 6.08 Å². The van der Waals surface area contributed by atoms with Crippen molar-refractivity contribution in [3.63, 3.8) is 0 Å². The van der Waals surface area contributed by atoms with Gasteiger partial charge in [-0.15, -0.1) is 18.3 Å². The zero-order valence-electron chi connectivity index (χ0n) is 7.29. The summed E-state index contributed by atoms with van der Waals surface area (Å²) < 4.78 is 12.4. The molecule has 12 heavy (non-hydrogen) atoms. The van der Waals surface area contributed by atoms with Gasteiger partial charge in [0.2, 0.25) is 0 Å². The Kier molecular flexibility index (Phi) is 4.09. The molecular formula is C9H14OS2. The van der Waals surface area contributed by atoms with E-state index in [1.54, 1.807) is 11.8 Å². The zero-order valence-corrected chi connectivity index (χ0v) is 8.92. The van der Waals surface area contributed by atoms with Crippen LogP contribution in [0.1, 0.15) is 13.3 Å². The van der Waals surface area contributed by atoms with E-state index in [9.17, 15) is 4.21 Å². The fourth-order valence-electron chi connectivity index (χ4n) is 1.07. The maximum Gasteiger partial charge on any atom is 0.0679 e. The third-order valence-electron chi connectivity index (χ3n) is 1.70. The molecule has 0 radical (unpaired) electrons. The summed E-state index contributed by atoms with van der Waals surface area (Å²) in [5.41, 5.74) is 0. The van der Waals surface area contributed by atoms with Crippen LogP contribution in [0.15, 0.2) is 23.0 Å². The fourth-order valence-corrected chi connectivity index (χ4v) is 4.15. The normalized spacial score (nSPS) is 29.1. The van der Waals surface area contributed by atoms with Gasteiger partial charge in [-0.05, 0) is 12.3 Å². The van der Waals surface area contributed by atoms with Crippen molar-refractivity contribution >= 4 is 22.6 Å². The summed E-state index contributed by atoms with van der Waals surface area (Å²) in [6, 6.07) is 0. The van der Waals surface area contributed by atoms with Gasteiger partial charge in [0, 0.05) is 11.5 Å². The first-order chi connectivity index (χ1) is 5.74. The predicted octanol–water partition coefficient (Wildman–Crippen LogP) is 2.54. The lowest BCUT2D eigenvalue weighted by molar-refractivity contribution is 0.688. The molecule has 2 atom stereocenters. The van der Waals surface area contributed by atoms with Gasteiger partial charge < -0.3 is 0 Å². The molecular weight excluding hydrogens is 188 g/mol. The Balaban J connectivity index is 2.54. The monoisotopic (exact) mass is 202 g/mol. The maximum absolute atomic E-state index is 11.3. The van der Waals surface area contributed by atoms with Gasteiger partial charge in [0.25, 0.3) is 0 Å². The average molecular weight is 202 g/mol. The van der Waals surface area contributed by atoms with Gasteiger partial charge in [0.15, 0.2) is 0 Å². The maximum atomic E-state index is 11.3. The minimum atomic E-state index is -0.695. The van der Waals surface area contributed by atoms with E-state index in [0.29, 0.717) is 5.92 Å². The van der Waals surface area contributed by atoms with Crippen molar-refractivity contribution in [3.8, 4) is 0 Å². The molecule has 1 rings (SSSR count). The van der Waals surface area contributed by atoms with E-state index < -0.39 is 10.8 Å². The van der Waals surface area contributed by atoms with Crippen LogP contribution in [-0.4, -0.2) is 15.7 Å². The summed E-state index contributed by atoms with van der Waals surface area (Å²) >= 11 is 1.73.